The van der Waals surface area contributed by atoms with Crippen molar-refractivity contribution >= 4 is 5.82 Å². The van der Waals surface area contributed by atoms with Gasteiger partial charge in [-0.15, -0.1) is 0 Å². The van der Waals surface area contributed by atoms with Crippen LogP contribution in [-0.4, -0.2) is 9.97 Å². The van der Waals surface area contributed by atoms with Gasteiger partial charge in [0, 0.05) is 17.7 Å². The Bertz CT molecular complexity index is 488. The van der Waals surface area contributed by atoms with E-state index in [1.54, 1.807) is 18.5 Å². The Labute approximate surface area is 87.2 Å². The second-order valence-corrected chi connectivity index (χ2v) is 3.81. The molecule has 0 radical (unpaired) electrons. The summed E-state index contributed by atoms with van der Waals surface area (Å²) in [5, 5.41) is 0. The van der Waals surface area contributed by atoms with Gasteiger partial charge in [-0.2, -0.15) is 0 Å². The lowest BCUT2D eigenvalue weighted by Crippen LogP contribution is -1.89. The zero-order valence-corrected chi connectivity index (χ0v) is 8.18. The van der Waals surface area contributed by atoms with Gasteiger partial charge in [0.25, 0.3) is 0 Å². The van der Waals surface area contributed by atoms with Crippen molar-refractivity contribution in [3.8, 4) is 11.3 Å². The first-order chi connectivity index (χ1) is 7.33. The molecule has 76 valence electrons. The summed E-state index contributed by atoms with van der Waals surface area (Å²) < 4.78 is 5.41. The van der Waals surface area contributed by atoms with Gasteiger partial charge in [0.05, 0.1) is 0 Å². The molecule has 0 atom stereocenters. The van der Waals surface area contributed by atoms with Gasteiger partial charge in [-0.05, 0) is 25.0 Å². The number of oxazole rings is 1. The summed E-state index contributed by atoms with van der Waals surface area (Å²) in [4.78, 5) is 8.37. The minimum atomic E-state index is 0.503. The Morgan fingerprint density at radius 3 is 3.00 bits per heavy atom. The lowest BCUT2D eigenvalue weighted by molar-refractivity contribution is 0.497. The van der Waals surface area contributed by atoms with Gasteiger partial charge in [0.1, 0.15) is 17.8 Å². The smallest absolute Gasteiger partial charge is 0.197 e. The highest BCUT2D eigenvalue weighted by Crippen LogP contribution is 2.40. The molecule has 1 fully saturated rings. The van der Waals surface area contributed by atoms with Crippen LogP contribution in [0.1, 0.15) is 24.7 Å². The standard InChI is InChI=1S/C11H11N3O/c12-10-5-8(3-4-13-10)9-6-15-11(14-9)7-1-2-7/h3-7H,1-2H2,(H2,12,13). The summed E-state index contributed by atoms with van der Waals surface area (Å²) in [6, 6.07) is 3.68. The van der Waals surface area contributed by atoms with E-state index in [2.05, 4.69) is 9.97 Å². The van der Waals surface area contributed by atoms with E-state index in [0.29, 0.717) is 11.7 Å². The molecule has 1 aliphatic rings. The van der Waals surface area contributed by atoms with Crippen molar-refractivity contribution in [1.82, 2.24) is 9.97 Å². The molecule has 0 unspecified atom stereocenters. The quantitative estimate of drug-likeness (QED) is 0.808. The Balaban J connectivity index is 1.97. The van der Waals surface area contributed by atoms with Crippen molar-refractivity contribution in [3.63, 3.8) is 0 Å². The van der Waals surface area contributed by atoms with E-state index in [9.17, 15) is 0 Å². The second kappa shape index (κ2) is 3.08. The minimum Gasteiger partial charge on any atom is -0.448 e. The van der Waals surface area contributed by atoms with Crippen molar-refractivity contribution in [2.75, 3.05) is 5.73 Å². The van der Waals surface area contributed by atoms with E-state index >= 15 is 0 Å². The molecule has 1 saturated carbocycles. The first-order valence-electron chi connectivity index (χ1n) is 5.00. The fourth-order valence-electron chi connectivity index (χ4n) is 1.55. The number of hydrogen-bond donors (Lipinski definition) is 1. The maximum Gasteiger partial charge on any atom is 0.197 e. The molecular formula is C11H11N3O. The normalized spacial score (nSPS) is 15.5. The number of nitrogens with two attached hydrogens (primary N) is 1. The van der Waals surface area contributed by atoms with Crippen molar-refractivity contribution in [1.29, 1.82) is 0 Å². The molecule has 0 amide bonds. The Hall–Kier alpha value is -1.84. The van der Waals surface area contributed by atoms with Crippen LogP contribution in [0.4, 0.5) is 5.82 Å². The average Bonchev–Trinajstić information content (AvgIpc) is 2.97. The molecule has 2 aromatic heterocycles. The van der Waals surface area contributed by atoms with Gasteiger partial charge in [0.2, 0.25) is 0 Å². The molecular weight excluding hydrogens is 190 g/mol. The number of rotatable bonds is 2. The lowest BCUT2D eigenvalue weighted by Gasteiger charge is -1.95. The summed E-state index contributed by atoms with van der Waals surface area (Å²) >= 11 is 0. The van der Waals surface area contributed by atoms with Gasteiger partial charge >= 0.3 is 0 Å². The number of hydrogen-bond acceptors (Lipinski definition) is 4. The Morgan fingerprint density at radius 1 is 1.40 bits per heavy atom. The number of anilines is 1. The van der Waals surface area contributed by atoms with Crippen molar-refractivity contribution < 1.29 is 4.42 Å². The molecule has 4 heteroatoms. The van der Waals surface area contributed by atoms with Crippen LogP contribution < -0.4 is 5.73 Å². The summed E-state index contributed by atoms with van der Waals surface area (Å²) in [6.07, 6.45) is 5.75. The predicted molar refractivity (Wildman–Crippen MR) is 56.1 cm³/mol. The number of aromatic nitrogens is 2. The van der Waals surface area contributed by atoms with E-state index in [1.807, 2.05) is 6.07 Å². The van der Waals surface area contributed by atoms with E-state index < -0.39 is 0 Å². The first kappa shape index (κ1) is 8.47. The van der Waals surface area contributed by atoms with Crippen LogP contribution in [-0.2, 0) is 0 Å². The molecule has 3 rings (SSSR count). The van der Waals surface area contributed by atoms with E-state index in [-0.39, 0.29) is 0 Å². The second-order valence-electron chi connectivity index (χ2n) is 3.81. The summed E-state index contributed by atoms with van der Waals surface area (Å²) in [5.41, 5.74) is 7.40. The van der Waals surface area contributed by atoms with Gasteiger partial charge in [-0.3, -0.25) is 0 Å². The van der Waals surface area contributed by atoms with Crippen LogP contribution in [0.2, 0.25) is 0 Å². The first-order valence-corrected chi connectivity index (χ1v) is 5.00. The maximum absolute atomic E-state index is 5.61. The lowest BCUT2D eigenvalue weighted by atomic mass is 10.2. The fourth-order valence-corrected chi connectivity index (χ4v) is 1.55. The van der Waals surface area contributed by atoms with Gasteiger partial charge < -0.3 is 10.2 Å². The van der Waals surface area contributed by atoms with Crippen LogP contribution in [0.3, 0.4) is 0 Å². The molecule has 15 heavy (non-hydrogen) atoms. The molecule has 2 aromatic rings. The van der Waals surface area contributed by atoms with Crippen LogP contribution in [0.25, 0.3) is 11.3 Å². The zero-order chi connectivity index (χ0) is 10.3. The highest BCUT2D eigenvalue weighted by atomic mass is 16.3. The molecule has 0 aromatic carbocycles. The molecule has 2 heterocycles. The zero-order valence-electron chi connectivity index (χ0n) is 8.18. The molecule has 4 nitrogen and oxygen atoms in total. The highest BCUT2D eigenvalue weighted by Gasteiger charge is 2.28. The van der Waals surface area contributed by atoms with E-state index in [4.69, 9.17) is 10.2 Å². The van der Waals surface area contributed by atoms with Crippen molar-refractivity contribution in [2.45, 2.75) is 18.8 Å². The topological polar surface area (TPSA) is 64.9 Å². The fraction of sp³-hybridized carbons (Fsp3) is 0.273. The van der Waals surface area contributed by atoms with Gasteiger partial charge in [-0.1, -0.05) is 0 Å². The average molecular weight is 201 g/mol. The largest absolute Gasteiger partial charge is 0.448 e. The van der Waals surface area contributed by atoms with Crippen LogP contribution in [0.15, 0.2) is 29.0 Å². The van der Waals surface area contributed by atoms with Crippen LogP contribution in [0.5, 0.6) is 0 Å². The number of nitrogen functional groups attached to an aromatic ring is 1. The summed E-state index contributed by atoms with van der Waals surface area (Å²) in [5.74, 6) is 1.89. The third-order valence-corrected chi connectivity index (χ3v) is 2.53. The monoisotopic (exact) mass is 201 g/mol. The minimum absolute atomic E-state index is 0.503. The molecule has 0 spiro atoms. The Morgan fingerprint density at radius 2 is 2.27 bits per heavy atom. The summed E-state index contributed by atoms with van der Waals surface area (Å²) in [6.45, 7) is 0. The molecule has 0 bridgehead atoms. The third-order valence-electron chi connectivity index (χ3n) is 2.53. The van der Waals surface area contributed by atoms with E-state index in [0.717, 1.165) is 17.1 Å². The van der Waals surface area contributed by atoms with Gasteiger partial charge in [-0.25, -0.2) is 9.97 Å². The molecule has 0 saturated heterocycles. The van der Waals surface area contributed by atoms with Crippen molar-refractivity contribution in [2.24, 2.45) is 0 Å². The Kier molecular flexibility index (Phi) is 1.74. The number of nitrogens with zero attached hydrogens (tertiary/aromatic N) is 2. The molecule has 0 aliphatic heterocycles. The highest BCUT2D eigenvalue weighted by molar-refractivity contribution is 5.60. The number of pyridine rings is 1. The molecule has 1 aliphatic carbocycles. The van der Waals surface area contributed by atoms with Crippen LogP contribution >= 0.6 is 0 Å². The van der Waals surface area contributed by atoms with E-state index in [1.165, 1.54) is 12.8 Å². The van der Waals surface area contributed by atoms with Crippen molar-refractivity contribution in [3.05, 3.63) is 30.5 Å². The predicted octanol–water partition coefficient (Wildman–Crippen LogP) is 2.20. The SMILES string of the molecule is Nc1cc(-c2coc(C3CC3)n2)ccn1. The third kappa shape index (κ3) is 1.58. The molecule has 2 N–H and O–H groups in total. The van der Waals surface area contributed by atoms with Crippen LogP contribution in [0, 0.1) is 0 Å². The van der Waals surface area contributed by atoms with Gasteiger partial charge in [0.15, 0.2) is 5.89 Å². The maximum atomic E-state index is 5.61. The summed E-state index contributed by atoms with van der Waals surface area (Å²) in [7, 11) is 0.